The van der Waals surface area contributed by atoms with Gasteiger partial charge >= 0.3 is 0 Å². The maximum Gasteiger partial charge on any atom is 0.176 e. The van der Waals surface area contributed by atoms with Gasteiger partial charge in [-0.25, -0.2) is 0 Å². The molecule has 0 fully saturated rings. The van der Waals surface area contributed by atoms with Crippen LogP contribution >= 0.6 is 0 Å². The van der Waals surface area contributed by atoms with Crippen LogP contribution in [0.2, 0.25) is 0 Å². The Hall–Kier alpha value is -1.71. The summed E-state index contributed by atoms with van der Waals surface area (Å²) in [5, 5.41) is 0. The zero-order valence-electron chi connectivity index (χ0n) is 16.8. The Morgan fingerprint density at radius 2 is 1.21 bits per heavy atom. The number of carbonyl (C=O) groups excluding carboxylic acids is 1. The number of benzene rings is 1. The van der Waals surface area contributed by atoms with Crippen molar-refractivity contribution in [2.75, 3.05) is 86.7 Å². The van der Waals surface area contributed by atoms with E-state index in [0.29, 0.717) is 89.7 Å². The van der Waals surface area contributed by atoms with Crippen LogP contribution in [-0.2, 0) is 18.9 Å². The number of Topliss-reactive ketones (excluding diaryl/α,β-unsaturated/α-hetero) is 1. The van der Waals surface area contributed by atoms with E-state index in [-0.39, 0.29) is 5.78 Å². The fourth-order valence-electron chi connectivity index (χ4n) is 2.47. The fourth-order valence-corrected chi connectivity index (χ4v) is 2.47. The van der Waals surface area contributed by atoms with Gasteiger partial charge in [-0.05, 0) is 32.3 Å². The Balaban J connectivity index is 1.98. The third kappa shape index (κ3) is 8.99. The summed E-state index contributed by atoms with van der Waals surface area (Å²) in [6.45, 7) is 4.96. The highest BCUT2D eigenvalue weighted by Crippen LogP contribution is 2.28. The number of fused-ring (bicyclic) bond motifs is 1. The lowest BCUT2D eigenvalue weighted by atomic mass is 10.1. The van der Waals surface area contributed by atoms with E-state index in [2.05, 4.69) is 0 Å². The van der Waals surface area contributed by atoms with Crippen LogP contribution in [0.5, 0.6) is 11.5 Å². The molecule has 0 unspecified atom stereocenters. The minimum Gasteiger partial charge on any atom is -0.487 e. The number of hydrogen-bond acceptors (Lipinski definition) is 8. The summed E-state index contributed by atoms with van der Waals surface area (Å²) < 4.78 is 33.4. The second-order valence-corrected chi connectivity index (χ2v) is 6.47. The van der Waals surface area contributed by atoms with E-state index in [1.807, 2.05) is 19.0 Å². The normalized spacial score (nSPS) is 18.2. The second kappa shape index (κ2) is 13.5. The monoisotopic (exact) mass is 397 g/mol. The summed E-state index contributed by atoms with van der Waals surface area (Å²) >= 11 is 0. The molecule has 0 bridgehead atoms. The molecule has 0 amide bonds. The van der Waals surface area contributed by atoms with Gasteiger partial charge in [-0.3, -0.25) is 4.79 Å². The van der Waals surface area contributed by atoms with Crippen LogP contribution in [0.25, 0.3) is 0 Å². The summed E-state index contributed by atoms with van der Waals surface area (Å²) in [7, 11) is 3.72. The Kier molecular flexibility index (Phi) is 10.9. The maximum absolute atomic E-state index is 12.3. The molecule has 1 aliphatic heterocycles. The Bertz CT molecular complexity index is 580. The first-order chi connectivity index (χ1) is 13.7. The van der Waals surface area contributed by atoms with Crippen molar-refractivity contribution in [3.05, 3.63) is 23.8 Å². The summed E-state index contributed by atoms with van der Waals surface area (Å²) in [4.78, 5) is 14.2. The van der Waals surface area contributed by atoms with E-state index in [1.54, 1.807) is 18.2 Å². The van der Waals surface area contributed by atoms with E-state index >= 15 is 0 Å². The van der Waals surface area contributed by atoms with Crippen molar-refractivity contribution in [2.24, 2.45) is 0 Å². The molecule has 158 valence electrons. The molecular formula is C20H31NO7. The molecule has 0 spiro atoms. The van der Waals surface area contributed by atoms with Crippen molar-refractivity contribution in [3.63, 3.8) is 0 Å². The molecule has 0 saturated carbocycles. The maximum atomic E-state index is 12.3. The second-order valence-electron chi connectivity index (χ2n) is 6.47. The van der Waals surface area contributed by atoms with E-state index in [0.717, 1.165) is 0 Å². The summed E-state index contributed by atoms with van der Waals surface area (Å²) in [6, 6.07) is 5.23. The highest BCUT2D eigenvalue weighted by Gasteiger charge is 2.13. The summed E-state index contributed by atoms with van der Waals surface area (Å²) in [5.41, 5.74) is 0.584. The molecule has 28 heavy (non-hydrogen) atoms. The number of ether oxygens (including phenoxy) is 6. The molecule has 1 heterocycles. The topological polar surface area (TPSA) is 75.7 Å². The first-order valence-electron chi connectivity index (χ1n) is 9.55. The van der Waals surface area contributed by atoms with Gasteiger partial charge in [0.25, 0.3) is 0 Å². The first kappa shape index (κ1) is 22.6. The minimum atomic E-state index is 0.0209. The largest absolute Gasteiger partial charge is 0.487 e. The highest BCUT2D eigenvalue weighted by molar-refractivity contribution is 5.98. The van der Waals surface area contributed by atoms with Crippen molar-refractivity contribution in [1.29, 1.82) is 0 Å². The van der Waals surface area contributed by atoms with Crippen molar-refractivity contribution in [3.8, 4) is 11.5 Å². The van der Waals surface area contributed by atoms with Crippen molar-refractivity contribution < 1.29 is 33.2 Å². The lowest BCUT2D eigenvalue weighted by Gasteiger charge is -2.15. The third-order valence-electron chi connectivity index (χ3n) is 3.81. The predicted octanol–water partition coefficient (Wildman–Crippen LogP) is 1.27. The van der Waals surface area contributed by atoms with Gasteiger partial charge in [0.15, 0.2) is 17.3 Å². The number of rotatable bonds is 3. The Labute approximate surface area is 166 Å². The van der Waals surface area contributed by atoms with Gasteiger partial charge in [0.2, 0.25) is 0 Å². The quantitative estimate of drug-likeness (QED) is 0.706. The Morgan fingerprint density at radius 1 is 0.750 bits per heavy atom. The van der Waals surface area contributed by atoms with Crippen LogP contribution in [0.4, 0.5) is 0 Å². The lowest BCUT2D eigenvalue weighted by molar-refractivity contribution is -0.00842. The zero-order chi connectivity index (χ0) is 20.0. The predicted molar refractivity (Wildman–Crippen MR) is 104 cm³/mol. The van der Waals surface area contributed by atoms with Crippen LogP contribution in [-0.4, -0.2) is 97.4 Å². The smallest absolute Gasteiger partial charge is 0.176 e. The van der Waals surface area contributed by atoms with Gasteiger partial charge < -0.3 is 33.3 Å². The van der Waals surface area contributed by atoms with Crippen LogP contribution in [0.1, 0.15) is 10.4 Å². The first-order valence-corrected chi connectivity index (χ1v) is 9.55. The highest BCUT2D eigenvalue weighted by atomic mass is 16.6. The van der Waals surface area contributed by atoms with Crippen molar-refractivity contribution in [2.45, 2.75) is 0 Å². The zero-order valence-corrected chi connectivity index (χ0v) is 16.8. The molecule has 0 aliphatic carbocycles. The molecular weight excluding hydrogens is 366 g/mol. The van der Waals surface area contributed by atoms with E-state index in [4.69, 9.17) is 28.4 Å². The molecule has 0 radical (unpaired) electrons. The molecule has 1 aromatic carbocycles. The molecule has 0 saturated heterocycles. The molecule has 2 rings (SSSR count). The van der Waals surface area contributed by atoms with Crippen LogP contribution in [0.15, 0.2) is 18.2 Å². The summed E-state index contributed by atoms with van der Waals surface area (Å²) in [6.07, 6.45) is 0. The van der Waals surface area contributed by atoms with Gasteiger partial charge in [0.1, 0.15) is 13.2 Å². The van der Waals surface area contributed by atoms with Crippen LogP contribution in [0.3, 0.4) is 0 Å². The van der Waals surface area contributed by atoms with Crippen molar-refractivity contribution >= 4 is 5.78 Å². The van der Waals surface area contributed by atoms with E-state index in [9.17, 15) is 4.79 Å². The lowest BCUT2D eigenvalue weighted by Crippen LogP contribution is -2.21. The summed E-state index contributed by atoms with van der Waals surface area (Å²) in [5.74, 6) is 1.12. The average Bonchev–Trinajstić information content (AvgIpc) is 2.67. The number of likely N-dealkylation sites (N-methyl/N-ethyl adjacent to an activating group) is 1. The minimum absolute atomic E-state index is 0.0209. The van der Waals surface area contributed by atoms with Gasteiger partial charge in [-0.2, -0.15) is 0 Å². The number of nitrogens with zero attached hydrogens (tertiary/aromatic N) is 1. The third-order valence-corrected chi connectivity index (χ3v) is 3.81. The van der Waals surface area contributed by atoms with E-state index < -0.39 is 0 Å². The van der Waals surface area contributed by atoms with Gasteiger partial charge in [-0.1, -0.05) is 0 Å². The average molecular weight is 397 g/mol. The SMILES string of the molecule is CN(C)CC(=O)c1ccc2c(c1)OCCOCCOCCOCCOCCO2. The number of carbonyl (C=O) groups is 1. The molecule has 0 aromatic heterocycles. The van der Waals surface area contributed by atoms with Crippen LogP contribution in [0, 0.1) is 0 Å². The van der Waals surface area contributed by atoms with Crippen molar-refractivity contribution in [1.82, 2.24) is 4.90 Å². The molecule has 8 nitrogen and oxygen atoms in total. The standard InChI is InChI=1S/C20H31NO7/c1-21(2)16-18(22)17-3-4-19-20(15-17)28-14-12-26-10-8-24-6-5-23-7-9-25-11-13-27-19/h3-4,15H,5-14,16H2,1-2H3. The molecule has 1 aromatic rings. The fraction of sp³-hybridized carbons (Fsp3) is 0.650. The van der Waals surface area contributed by atoms with Gasteiger partial charge in [0, 0.05) is 5.56 Å². The van der Waals surface area contributed by atoms with E-state index in [1.165, 1.54) is 0 Å². The molecule has 0 atom stereocenters. The molecule has 8 heteroatoms. The Morgan fingerprint density at radius 3 is 1.71 bits per heavy atom. The van der Waals surface area contributed by atoms with Gasteiger partial charge in [0.05, 0.1) is 59.4 Å². The molecule has 1 aliphatic rings. The molecule has 0 N–H and O–H groups in total. The van der Waals surface area contributed by atoms with Gasteiger partial charge in [-0.15, -0.1) is 0 Å². The van der Waals surface area contributed by atoms with Crippen LogP contribution < -0.4 is 9.47 Å². The number of ketones is 1. The number of hydrogen-bond donors (Lipinski definition) is 0.